The Balaban J connectivity index is 1.95. The number of carbonyl (C=O) groups excluding carboxylic acids is 1. The van der Waals surface area contributed by atoms with Crippen LogP contribution in [0.5, 0.6) is 0 Å². The number of amides is 1. The Morgan fingerprint density at radius 1 is 1.39 bits per heavy atom. The highest BCUT2D eigenvalue weighted by Gasteiger charge is 2.11. The van der Waals surface area contributed by atoms with Crippen molar-refractivity contribution in [1.29, 1.82) is 0 Å². The molecule has 124 valence electrons. The number of unbranched alkanes of at least 4 members (excludes halogenated alkanes) is 1. The van der Waals surface area contributed by atoms with Gasteiger partial charge in [-0.3, -0.25) is 9.36 Å². The van der Waals surface area contributed by atoms with Gasteiger partial charge in [0, 0.05) is 12.2 Å². The summed E-state index contributed by atoms with van der Waals surface area (Å²) in [6.07, 6.45) is 1.90. The minimum atomic E-state index is -0.226. The number of hydrogen-bond donors (Lipinski definition) is 2. The quantitative estimate of drug-likeness (QED) is 0.763. The summed E-state index contributed by atoms with van der Waals surface area (Å²) in [5.41, 5.74) is 2.77. The average Bonchev–Trinajstić information content (AvgIpc) is 2.86. The van der Waals surface area contributed by atoms with Crippen molar-refractivity contribution in [3.05, 3.63) is 39.8 Å². The summed E-state index contributed by atoms with van der Waals surface area (Å²) in [6.45, 7) is 6.66. The smallest absolute Gasteiger partial charge is 0.325 e. The highest BCUT2D eigenvalue weighted by atomic mass is 32.2. The molecule has 0 aliphatic heterocycles. The molecule has 0 saturated carbocycles. The van der Waals surface area contributed by atoms with Gasteiger partial charge < -0.3 is 5.32 Å². The van der Waals surface area contributed by atoms with Crippen LogP contribution in [0.3, 0.4) is 0 Å². The van der Waals surface area contributed by atoms with Crippen LogP contribution < -0.4 is 11.0 Å². The maximum absolute atomic E-state index is 12.1. The molecule has 1 amide bonds. The predicted molar refractivity (Wildman–Crippen MR) is 93.0 cm³/mol. The second-order valence-corrected chi connectivity index (χ2v) is 6.41. The van der Waals surface area contributed by atoms with Crippen LogP contribution in [0, 0.1) is 13.8 Å². The molecule has 2 N–H and O–H groups in total. The topological polar surface area (TPSA) is 79.8 Å². The third-order valence-electron chi connectivity index (χ3n) is 3.45. The number of nitrogens with zero attached hydrogens (tertiary/aromatic N) is 2. The number of thioether (sulfide) groups is 1. The molecule has 2 rings (SSSR count). The lowest BCUT2D eigenvalue weighted by atomic mass is 10.1. The SMILES string of the molecule is CCCCn1c(SCC(=O)Nc2ccc(C)cc2C)n[nH]c1=O. The minimum Gasteiger partial charge on any atom is -0.325 e. The third kappa shape index (κ3) is 4.72. The Labute approximate surface area is 139 Å². The second kappa shape index (κ2) is 8.01. The summed E-state index contributed by atoms with van der Waals surface area (Å²) in [7, 11) is 0. The number of aromatic amines is 1. The van der Waals surface area contributed by atoms with Gasteiger partial charge in [0.1, 0.15) is 0 Å². The number of hydrogen-bond acceptors (Lipinski definition) is 4. The van der Waals surface area contributed by atoms with Crippen molar-refractivity contribution in [2.45, 2.75) is 45.3 Å². The van der Waals surface area contributed by atoms with E-state index >= 15 is 0 Å². The van der Waals surface area contributed by atoms with E-state index in [1.165, 1.54) is 11.8 Å². The first kappa shape index (κ1) is 17.3. The largest absolute Gasteiger partial charge is 0.343 e. The molecule has 6 nitrogen and oxygen atoms in total. The summed E-state index contributed by atoms with van der Waals surface area (Å²) < 4.78 is 1.58. The average molecular weight is 334 g/mol. The predicted octanol–water partition coefficient (Wildman–Crippen LogP) is 2.72. The molecule has 0 spiro atoms. The van der Waals surface area contributed by atoms with Gasteiger partial charge >= 0.3 is 5.69 Å². The van der Waals surface area contributed by atoms with Gasteiger partial charge in [-0.1, -0.05) is 42.8 Å². The normalized spacial score (nSPS) is 10.7. The Hall–Kier alpha value is -2.02. The van der Waals surface area contributed by atoms with E-state index in [2.05, 4.69) is 22.4 Å². The molecule has 0 bridgehead atoms. The fourth-order valence-electron chi connectivity index (χ4n) is 2.20. The lowest BCUT2D eigenvalue weighted by Crippen LogP contribution is -2.19. The van der Waals surface area contributed by atoms with Crippen LogP contribution in [0.15, 0.2) is 28.2 Å². The molecule has 0 unspecified atom stereocenters. The number of rotatable bonds is 7. The van der Waals surface area contributed by atoms with Crippen molar-refractivity contribution < 1.29 is 4.79 Å². The first-order chi connectivity index (χ1) is 11.0. The monoisotopic (exact) mass is 334 g/mol. The number of aromatic nitrogens is 3. The van der Waals surface area contributed by atoms with Crippen molar-refractivity contribution in [2.24, 2.45) is 0 Å². The molecule has 1 aromatic heterocycles. The Morgan fingerprint density at radius 2 is 2.17 bits per heavy atom. The number of H-pyrrole nitrogens is 1. The molecule has 0 aliphatic carbocycles. The second-order valence-electron chi connectivity index (χ2n) is 5.47. The lowest BCUT2D eigenvalue weighted by molar-refractivity contribution is -0.113. The fraction of sp³-hybridized carbons (Fsp3) is 0.438. The first-order valence-corrected chi connectivity index (χ1v) is 8.65. The zero-order valence-electron chi connectivity index (χ0n) is 13.7. The molecule has 1 heterocycles. The molecule has 0 saturated heterocycles. The third-order valence-corrected chi connectivity index (χ3v) is 4.42. The number of benzene rings is 1. The molecular weight excluding hydrogens is 312 g/mol. The van der Waals surface area contributed by atoms with Gasteiger partial charge in [-0.05, 0) is 31.9 Å². The molecule has 0 atom stereocenters. The maximum Gasteiger partial charge on any atom is 0.343 e. The number of nitrogens with one attached hydrogen (secondary N) is 2. The zero-order valence-corrected chi connectivity index (χ0v) is 14.5. The van der Waals surface area contributed by atoms with Gasteiger partial charge in [0.15, 0.2) is 5.16 Å². The van der Waals surface area contributed by atoms with Crippen LogP contribution in [0.4, 0.5) is 5.69 Å². The van der Waals surface area contributed by atoms with Crippen molar-refractivity contribution in [1.82, 2.24) is 14.8 Å². The van der Waals surface area contributed by atoms with Crippen LogP contribution in [-0.4, -0.2) is 26.4 Å². The van der Waals surface area contributed by atoms with Crippen LogP contribution in [0.2, 0.25) is 0 Å². The van der Waals surface area contributed by atoms with E-state index in [1.807, 2.05) is 32.0 Å². The van der Waals surface area contributed by atoms with Crippen molar-refractivity contribution in [3.63, 3.8) is 0 Å². The van der Waals surface area contributed by atoms with Crippen molar-refractivity contribution in [2.75, 3.05) is 11.1 Å². The summed E-state index contributed by atoms with van der Waals surface area (Å²) >= 11 is 1.26. The summed E-state index contributed by atoms with van der Waals surface area (Å²) in [5.74, 6) is 0.100. The molecule has 1 aromatic carbocycles. The van der Waals surface area contributed by atoms with E-state index < -0.39 is 0 Å². The van der Waals surface area contributed by atoms with Crippen molar-refractivity contribution >= 4 is 23.4 Å². The van der Waals surface area contributed by atoms with Crippen molar-refractivity contribution in [3.8, 4) is 0 Å². The van der Waals surface area contributed by atoms with Crippen LogP contribution >= 0.6 is 11.8 Å². The van der Waals surface area contributed by atoms with E-state index in [0.29, 0.717) is 11.7 Å². The van der Waals surface area contributed by atoms with Gasteiger partial charge in [0.2, 0.25) is 5.91 Å². The highest BCUT2D eigenvalue weighted by molar-refractivity contribution is 7.99. The van der Waals surface area contributed by atoms with Crippen LogP contribution in [-0.2, 0) is 11.3 Å². The lowest BCUT2D eigenvalue weighted by Gasteiger charge is -2.09. The van der Waals surface area contributed by atoms with E-state index in [9.17, 15) is 9.59 Å². The van der Waals surface area contributed by atoms with Gasteiger partial charge in [-0.15, -0.1) is 5.10 Å². The maximum atomic E-state index is 12.1. The standard InChI is InChI=1S/C16H22N4O2S/c1-4-5-8-20-15(22)18-19-16(20)23-10-14(21)17-13-7-6-11(2)9-12(13)3/h6-7,9H,4-5,8,10H2,1-3H3,(H,17,21)(H,18,22). The van der Waals surface area contributed by atoms with Crippen LogP contribution in [0.1, 0.15) is 30.9 Å². The molecule has 0 aliphatic rings. The zero-order chi connectivity index (χ0) is 16.8. The van der Waals surface area contributed by atoms with E-state index in [-0.39, 0.29) is 17.3 Å². The van der Waals surface area contributed by atoms with E-state index in [4.69, 9.17) is 0 Å². The molecule has 2 aromatic rings. The van der Waals surface area contributed by atoms with E-state index in [0.717, 1.165) is 29.7 Å². The molecular formula is C16H22N4O2S. The Bertz CT molecular complexity index is 736. The summed E-state index contributed by atoms with van der Waals surface area (Å²) in [4.78, 5) is 23.8. The molecule has 0 radical (unpaired) electrons. The van der Waals surface area contributed by atoms with E-state index in [1.54, 1.807) is 4.57 Å². The number of aryl methyl sites for hydroxylation is 2. The molecule has 7 heteroatoms. The fourth-order valence-corrected chi connectivity index (χ4v) is 2.97. The highest BCUT2D eigenvalue weighted by Crippen LogP contribution is 2.18. The number of carbonyl (C=O) groups is 1. The van der Waals surface area contributed by atoms with Gasteiger partial charge in [-0.2, -0.15) is 0 Å². The van der Waals surface area contributed by atoms with Gasteiger partial charge in [0.05, 0.1) is 5.75 Å². The number of anilines is 1. The summed E-state index contributed by atoms with van der Waals surface area (Å²) in [6, 6.07) is 5.89. The van der Waals surface area contributed by atoms with Gasteiger partial charge in [-0.25, -0.2) is 9.89 Å². The minimum absolute atomic E-state index is 0.112. The first-order valence-electron chi connectivity index (χ1n) is 7.66. The molecule has 0 fully saturated rings. The Kier molecular flexibility index (Phi) is 6.04. The Morgan fingerprint density at radius 3 is 2.87 bits per heavy atom. The van der Waals surface area contributed by atoms with Gasteiger partial charge in [0.25, 0.3) is 0 Å². The summed E-state index contributed by atoms with van der Waals surface area (Å²) in [5, 5.41) is 9.87. The van der Waals surface area contributed by atoms with Crippen LogP contribution in [0.25, 0.3) is 0 Å². The molecule has 23 heavy (non-hydrogen) atoms.